The van der Waals surface area contributed by atoms with E-state index in [0.717, 1.165) is 36.0 Å². The number of methoxy groups -OCH3 is 1. The van der Waals surface area contributed by atoms with Gasteiger partial charge in [-0.3, -0.25) is 9.59 Å². The third-order valence-corrected chi connectivity index (χ3v) is 9.07. The molecule has 0 atom stereocenters. The third kappa shape index (κ3) is 10.1. The van der Waals surface area contributed by atoms with E-state index in [2.05, 4.69) is 48.7 Å². The van der Waals surface area contributed by atoms with Gasteiger partial charge in [-0.25, -0.2) is 0 Å². The molecule has 0 aliphatic heterocycles. The molecule has 0 amide bonds. The number of esters is 2. The van der Waals surface area contributed by atoms with Crippen molar-refractivity contribution in [2.75, 3.05) is 32.2 Å². The normalized spacial score (nSPS) is 11.3. The van der Waals surface area contributed by atoms with Gasteiger partial charge in [0.2, 0.25) is 0 Å². The first-order chi connectivity index (χ1) is 16.8. The van der Waals surface area contributed by atoms with E-state index in [1.807, 2.05) is 18.2 Å². The molecule has 0 saturated heterocycles. The van der Waals surface area contributed by atoms with Crippen LogP contribution in [0.4, 0.5) is 5.69 Å². The lowest BCUT2D eigenvalue weighted by Crippen LogP contribution is -2.29. The molecule has 192 valence electrons. The summed E-state index contributed by atoms with van der Waals surface area (Å²) in [6.07, 6.45) is 2.11. The molecule has 0 spiro atoms. The molecule has 0 aliphatic carbocycles. The molecule has 35 heavy (non-hydrogen) atoms. The molecule has 0 radical (unpaired) electrons. The van der Waals surface area contributed by atoms with Crippen LogP contribution in [-0.4, -0.2) is 46.9 Å². The average molecular weight is 500 g/mol. The second-order valence-electron chi connectivity index (χ2n) is 9.52. The van der Waals surface area contributed by atoms with Crippen LogP contribution < -0.4 is 10.1 Å². The summed E-state index contributed by atoms with van der Waals surface area (Å²) >= 11 is 0. The van der Waals surface area contributed by atoms with Gasteiger partial charge in [0.15, 0.2) is 5.92 Å². The van der Waals surface area contributed by atoms with Gasteiger partial charge in [0.1, 0.15) is 5.75 Å². The number of rotatable bonds is 15. The zero-order chi connectivity index (χ0) is 25.7. The Bertz CT molecular complexity index is 911. The van der Waals surface area contributed by atoms with Crippen molar-refractivity contribution in [3.05, 3.63) is 59.7 Å². The van der Waals surface area contributed by atoms with E-state index in [4.69, 9.17) is 14.2 Å². The highest BCUT2D eigenvalue weighted by Gasteiger charge is 2.29. The van der Waals surface area contributed by atoms with Crippen molar-refractivity contribution in [2.24, 2.45) is 5.92 Å². The number of carbonyl (C=O) groups is 2. The quantitative estimate of drug-likeness (QED) is 0.147. The summed E-state index contributed by atoms with van der Waals surface area (Å²) in [5, 5.41) is 3.52. The van der Waals surface area contributed by atoms with E-state index >= 15 is 0 Å². The lowest BCUT2D eigenvalue weighted by molar-refractivity contribution is -0.161. The smallest absolute Gasteiger partial charge is 0.320 e. The maximum Gasteiger partial charge on any atom is 0.320 e. The molecule has 0 fully saturated rings. The van der Waals surface area contributed by atoms with Crippen molar-refractivity contribution in [2.45, 2.75) is 58.3 Å². The number of hydrogen-bond acceptors (Lipinski definition) is 6. The first kappa shape index (κ1) is 28.4. The van der Waals surface area contributed by atoms with Gasteiger partial charge in [-0.2, -0.15) is 0 Å². The van der Waals surface area contributed by atoms with Gasteiger partial charge in [-0.05, 0) is 74.5 Å². The maximum atomic E-state index is 12.1. The molecule has 0 aromatic heterocycles. The van der Waals surface area contributed by atoms with Crippen molar-refractivity contribution in [1.82, 2.24) is 0 Å². The van der Waals surface area contributed by atoms with Crippen molar-refractivity contribution in [3.8, 4) is 5.75 Å². The number of anilines is 1. The molecular formula is C28H41NO5Si. The Hall–Kier alpha value is -2.80. The van der Waals surface area contributed by atoms with Crippen LogP contribution in [-0.2, 0) is 31.5 Å². The van der Waals surface area contributed by atoms with Crippen LogP contribution in [0.15, 0.2) is 48.5 Å². The summed E-state index contributed by atoms with van der Waals surface area (Å²) in [7, 11) is 0.361. The van der Waals surface area contributed by atoms with Crippen LogP contribution in [0.25, 0.3) is 0 Å². The summed E-state index contributed by atoms with van der Waals surface area (Å²) < 4.78 is 15.5. The predicted octanol–water partition coefficient (Wildman–Crippen LogP) is 5.66. The minimum Gasteiger partial charge on any atom is -0.497 e. The molecule has 2 aromatic rings. The van der Waals surface area contributed by atoms with Gasteiger partial charge in [0.05, 0.1) is 28.4 Å². The van der Waals surface area contributed by atoms with E-state index in [-0.39, 0.29) is 13.2 Å². The average Bonchev–Trinajstić information content (AvgIpc) is 2.83. The molecule has 0 saturated carbocycles. The van der Waals surface area contributed by atoms with Crippen molar-refractivity contribution < 1.29 is 23.8 Å². The first-order valence-corrected chi connectivity index (χ1v) is 16.0. The Morgan fingerprint density at radius 3 is 2.20 bits per heavy atom. The Labute approximate surface area is 211 Å². The minimum atomic E-state index is -1.35. The number of ether oxygens (including phenoxy) is 3. The number of hydrogen-bond donors (Lipinski definition) is 1. The number of benzene rings is 2. The molecule has 2 aromatic carbocycles. The van der Waals surface area contributed by atoms with E-state index in [1.165, 1.54) is 11.6 Å². The van der Waals surface area contributed by atoms with Crippen molar-refractivity contribution in [1.29, 1.82) is 0 Å². The summed E-state index contributed by atoms with van der Waals surface area (Å²) in [6, 6.07) is 19.0. The zero-order valence-electron chi connectivity index (χ0n) is 21.9. The van der Waals surface area contributed by atoms with Gasteiger partial charge in [-0.1, -0.05) is 43.4 Å². The fourth-order valence-electron chi connectivity index (χ4n) is 4.14. The predicted molar refractivity (Wildman–Crippen MR) is 144 cm³/mol. The molecular weight excluding hydrogens is 458 g/mol. The number of nitrogens with one attached hydrogen (secondary N) is 1. The summed E-state index contributed by atoms with van der Waals surface area (Å²) in [6.45, 7) is 9.78. The van der Waals surface area contributed by atoms with Gasteiger partial charge in [-0.15, -0.1) is 0 Å². The van der Waals surface area contributed by atoms with Crippen LogP contribution >= 0.6 is 0 Å². The highest BCUT2D eigenvalue weighted by molar-refractivity contribution is 6.76. The Morgan fingerprint density at radius 2 is 1.60 bits per heavy atom. The van der Waals surface area contributed by atoms with Crippen LogP contribution in [0.3, 0.4) is 0 Å². The molecule has 6 nitrogen and oxygen atoms in total. The second-order valence-corrected chi connectivity index (χ2v) is 14.7. The minimum absolute atomic E-state index is 0.246. The molecule has 0 aliphatic rings. The fourth-order valence-corrected chi connectivity index (χ4v) is 6.78. The molecule has 7 heteroatoms. The monoisotopic (exact) mass is 499 g/mol. The van der Waals surface area contributed by atoms with Gasteiger partial charge in [0.25, 0.3) is 0 Å². The zero-order valence-corrected chi connectivity index (χ0v) is 22.9. The lowest BCUT2D eigenvalue weighted by atomic mass is 9.99. The van der Waals surface area contributed by atoms with E-state index in [9.17, 15) is 9.59 Å². The molecule has 0 unspecified atom stereocenters. The SMILES string of the molecule is CCOC(=O)C(CCc1ccc(NCCC[Si](C)(C)Cc2cccc(OC)c2)cc1)C(=O)OCC. The van der Waals surface area contributed by atoms with Crippen LogP contribution in [0.2, 0.25) is 19.1 Å². The largest absolute Gasteiger partial charge is 0.497 e. The summed E-state index contributed by atoms with van der Waals surface area (Å²) in [5.74, 6) is -0.976. The maximum absolute atomic E-state index is 12.1. The van der Waals surface area contributed by atoms with Gasteiger partial charge < -0.3 is 19.5 Å². The molecule has 2 rings (SSSR count). The number of aryl methyl sites for hydroxylation is 1. The highest BCUT2D eigenvalue weighted by Crippen LogP contribution is 2.22. The highest BCUT2D eigenvalue weighted by atomic mass is 28.3. The number of carbonyl (C=O) groups excluding carboxylic acids is 2. The molecule has 1 N–H and O–H groups in total. The second kappa shape index (κ2) is 14.6. The standard InChI is InChI=1S/C28H41NO5Si/c1-6-33-27(30)26(28(31)34-7-2)17-14-22-12-15-24(16-13-22)29-18-9-19-35(4,5)21-23-10-8-11-25(20-23)32-3/h8,10-13,15-16,20,26,29H,6-7,9,14,17-19,21H2,1-5H3. The molecule has 0 heterocycles. The third-order valence-electron chi connectivity index (χ3n) is 5.99. The van der Waals surface area contributed by atoms with E-state index in [0.29, 0.717) is 12.8 Å². The van der Waals surface area contributed by atoms with Gasteiger partial charge >= 0.3 is 11.9 Å². The fraction of sp³-hybridized carbons (Fsp3) is 0.500. The van der Waals surface area contributed by atoms with Crippen LogP contribution in [0.5, 0.6) is 5.75 Å². The topological polar surface area (TPSA) is 73.9 Å². The van der Waals surface area contributed by atoms with E-state index < -0.39 is 25.9 Å². The van der Waals surface area contributed by atoms with Crippen molar-refractivity contribution in [3.63, 3.8) is 0 Å². The lowest BCUT2D eigenvalue weighted by Gasteiger charge is -2.23. The Morgan fingerprint density at radius 1 is 0.943 bits per heavy atom. The van der Waals surface area contributed by atoms with Gasteiger partial charge in [0, 0.05) is 12.2 Å². The first-order valence-electron chi connectivity index (χ1n) is 12.6. The Balaban J connectivity index is 1.78. The van der Waals surface area contributed by atoms with E-state index in [1.54, 1.807) is 21.0 Å². The van der Waals surface area contributed by atoms with Crippen molar-refractivity contribution >= 4 is 25.7 Å². The summed E-state index contributed by atoms with van der Waals surface area (Å²) in [4.78, 5) is 24.3. The summed E-state index contributed by atoms with van der Waals surface area (Å²) in [5.41, 5.74) is 3.51. The van der Waals surface area contributed by atoms with Crippen LogP contribution in [0.1, 0.15) is 37.8 Å². The Kier molecular flexibility index (Phi) is 11.8. The van der Waals surface area contributed by atoms with Crippen LogP contribution in [0, 0.1) is 5.92 Å². The molecule has 0 bridgehead atoms.